The van der Waals surface area contributed by atoms with Gasteiger partial charge < -0.3 is 19.9 Å². The van der Waals surface area contributed by atoms with Gasteiger partial charge in [-0.1, -0.05) is 0 Å². The molecule has 2 heterocycles. The van der Waals surface area contributed by atoms with Crippen molar-refractivity contribution in [3.8, 4) is 11.5 Å². The molecule has 1 aromatic carbocycles. The molecule has 6 nitrogen and oxygen atoms in total. The lowest BCUT2D eigenvalue weighted by atomic mass is 10.2. The Labute approximate surface area is 108 Å². The molecule has 0 saturated heterocycles. The van der Waals surface area contributed by atoms with Gasteiger partial charge in [-0.15, -0.1) is 0 Å². The van der Waals surface area contributed by atoms with Crippen molar-refractivity contribution < 1.29 is 19.4 Å². The number of aromatic nitrogens is 1. The van der Waals surface area contributed by atoms with Gasteiger partial charge in [0, 0.05) is 24.1 Å². The molecule has 1 aliphatic rings. The Kier molecular flexibility index (Phi) is 2.68. The number of benzene rings is 1. The highest BCUT2D eigenvalue weighted by molar-refractivity contribution is 5.94. The lowest BCUT2D eigenvalue weighted by Crippen LogP contribution is -2.03. The number of pyridine rings is 1. The summed E-state index contributed by atoms with van der Waals surface area (Å²) in [7, 11) is 0. The summed E-state index contributed by atoms with van der Waals surface area (Å²) in [5.74, 6) is 0.283. The van der Waals surface area contributed by atoms with E-state index in [1.807, 2.05) is 0 Å². The predicted octanol–water partition coefficient (Wildman–Crippen LogP) is 2.25. The zero-order valence-electron chi connectivity index (χ0n) is 9.79. The normalized spacial score (nSPS) is 12.2. The van der Waals surface area contributed by atoms with Gasteiger partial charge in [-0.2, -0.15) is 0 Å². The number of rotatable bonds is 3. The number of anilines is 2. The summed E-state index contributed by atoms with van der Waals surface area (Å²) in [5, 5.41) is 12.1. The Balaban J connectivity index is 1.91. The van der Waals surface area contributed by atoms with Crippen LogP contribution in [-0.4, -0.2) is 22.9 Å². The Bertz CT molecular complexity index is 642. The van der Waals surface area contributed by atoms with Crippen molar-refractivity contribution in [1.29, 1.82) is 0 Å². The van der Waals surface area contributed by atoms with Crippen LogP contribution in [0.15, 0.2) is 36.7 Å². The second kappa shape index (κ2) is 4.49. The number of nitrogens with one attached hydrogen (secondary N) is 1. The van der Waals surface area contributed by atoms with Gasteiger partial charge in [0.25, 0.3) is 0 Å². The first-order valence-corrected chi connectivity index (χ1v) is 5.58. The molecular formula is C13H10N2O4. The standard InChI is InChI=1S/C13H10N2O4/c16-13(17)9-6-14-4-3-10(9)15-8-1-2-11-12(5-8)19-7-18-11/h1-6H,7H2,(H,14,15)(H,16,17). The first kappa shape index (κ1) is 11.3. The molecule has 0 fully saturated rings. The van der Waals surface area contributed by atoms with Crippen LogP contribution in [0.3, 0.4) is 0 Å². The van der Waals surface area contributed by atoms with E-state index in [1.165, 1.54) is 12.4 Å². The van der Waals surface area contributed by atoms with Crippen LogP contribution in [0.5, 0.6) is 11.5 Å². The number of hydrogen-bond donors (Lipinski definition) is 2. The molecule has 2 N–H and O–H groups in total. The Morgan fingerprint density at radius 2 is 2.11 bits per heavy atom. The zero-order valence-corrected chi connectivity index (χ0v) is 9.79. The summed E-state index contributed by atoms with van der Waals surface area (Å²) in [4.78, 5) is 14.9. The topological polar surface area (TPSA) is 80.7 Å². The van der Waals surface area contributed by atoms with Crippen LogP contribution in [0.4, 0.5) is 11.4 Å². The second-order valence-electron chi connectivity index (χ2n) is 3.92. The minimum absolute atomic E-state index is 0.111. The molecule has 1 aromatic heterocycles. The number of hydrogen-bond acceptors (Lipinski definition) is 5. The summed E-state index contributed by atoms with van der Waals surface area (Å²) in [6, 6.07) is 6.92. The third-order valence-corrected chi connectivity index (χ3v) is 2.70. The molecule has 0 aliphatic carbocycles. The fourth-order valence-electron chi connectivity index (χ4n) is 1.80. The van der Waals surface area contributed by atoms with Gasteiger partial charge >= 0.3 is 5.97 Å². The number of aromatic carboxylic acids is 1. The summed E-state index contributed by atoms with van der Waals surface area (Å²) in [6.45, 7) is 0.203. The van der Waals surface area contributed by atoms with E-state index >= 15 is 0 Å². The molecule has 96 valence electrons. The van der Waals surface area contributed by atoms with E-state index in [2.05, 4.69) is 10.3 Å². The van der Waals surface area contributed by atoms with Gasteiger partial charge in [0.15, 0.2) is 11.5 Å². The Morgan fingerprint density at radius 1 is 1.26 bits per heavy atom. The van der Waals surface area contributed by atoms with E-state index in [1.54, 1.807) is 24.3 Å². The van der Waals surface area contributed by atoms with Crippen LogP contribution >= 0.6 is 0 Å². The monoisotopic (exact) mass is 258 g/mol. The van der Waals surface area contributed by atoms with Gasteiger partial charge in [0.2, 0.25) is 6.79 Å². The molecule has 1 aliphatic heterocycles. The van der Waals surface area contributed by atoms with Crippen molar-refractivity contribution in [2.45, 2.75) is 0 Å². The van der Waals surface area contributed by atoms with Gasteiger partial charge in [0.1, 0.15) is 5.56 Å². The molecule has 0 saturated carbocycles. The maximum atomic E-state index is 11.1. The van der Waals surface area contributed by atoms with Crippen molar-refractivity contribution >= 4 is 17.3 Å². The van der Waals surface area contributed by atoms with Crippen LogP contribution in [0.2, 0.25) is 0 Å². The van der Waals surface area contributed by atoms with Crippen molar-refractivity contribution in [2.75, 3.05) is 12.1 Å². The second-order valence-corrected chi connectivity index (χ2v) is 3.92. The SMILES string of the molecule is O=C(O)c1cnccc1Nc1ccc2c(c1)OCO2. The van der Waals surface area contributed by atoms with Gasteiger partial charge in [-0.25, -0.2) is 4.79 Å². The Morgan fingerprint density at radius 3 is 2.95 bits per heavy atom. The highest BCUT2D eigenvalue weighted by Gasteiger charge is 2.14. The van der Waals surface area contributed by atoms with E-state index in [4.69, 9.17) is 14.6 Å². The third kappa shape index (κ3) is 2.15. The van der Waals surface area contributed by atoms with Crippen LogP contribution in [0, 0.1) is 0 Å². The largest absolute Gasteiger partial charge is 0.478 e. The van der Waals surface area contributed by atoms with E-state index in [9.17, 15) is 4.79 Å². The zero-order chi connectivity index (χ0) is 13.2. The quantitative estimate of drug-likeness (QED) is 0.878. The van der Waals surface area contributed by atoms with Crippen LogP contribution in [0.1, 0.15) is 10.4 Å². The Hall–Kier alpha value is -2.76. The first-order valence-electron chi connectivity index (χ1n) is 5.58. The number of carboxylic acids is 1. The van der Waals surface area contributed by atoms with Gasteiger partial charge in [0.05, 0.1) is 5.69 Å². The summed E-state index contributed by atoms with van der Waals surface area (Å²) >= 11 is 0. The number of fused-ring (bicyclic) bond motifs is 1. The molecule has 0 radical (unpaired) electrons. The van der Waals surface area contributed by atoms with Crippen molar-refractivity contribution in [1.82, 2.24) is 4.98 Å². The average Bonchev–Trinajstić information content (AvgIpc) is 2.86. The van der Waals surface area contributed by atoms with Crippen molar-refractivity contribution in [2.24, 2.45) is 0 Å². The number of carboxylic acid groups (broad SMARTS) is 1. The molecule has 2 aromatic rings. The molecule has 0 amide bonds. The van der Waals surface area contributed by atoms with E-state index in [0.29, 0.717) is 17.2 Å². The van der Waals surface area contributed by atoms with Crippen LogP contribution < -0.4 is 14.8 Å². The lowest BCUT2D eigenvalue weighted by Gasteiger charge is -2.09. The lowest BCUT2D eigenvalue weighted by molar-refractivity contribution is 0.0697. The minimum Gasteiger partial charge on any atom is -0.478 e. The van der Waals surface area contributed by atoms with Gasteiger partial charge in [-0.05, 0) is 18.2 Å². The smallest absolute Gasteiger partial charge is 0.339 e. The third-order valence-electron chi connectivity index (χ3n) is 2.70. The molecule has 0 unspecified atom stereocenters. The summed E-state index contributed by atoms with van der Waals surface area (Å²) in [6.07, 6.45) is 2.83. The highest BCUT2D eigenvalue weighted by Crippen LogP contribution is 2.35. The maximum Gasteiger partial charge on any atom is 0.339 e. The predicted molar refractivity (Wildman–Crippen MR) is 67.0 cm³/mol. The van der Waals surface area contributed by atoms with E-state index < -0.39 is 5.97 Å². The van der Waals surface area contributed by atoms with Crippen molar-refractivity contribution in [3.05, 3.63) is 42.2 Å². The average molecular weight is 258 g/mol. The van der Waals surface area contributed by atoms with Crippen LogP contribution in [-0.2, 0) is 0 Å². The summed E-state index contributed by atoms with van der Waals surface area (Å²) in [5.41, 5.74) is 1.31. The molecule has 19 heavy (non-hydrogen) atoms. The first-order chi connectivity index (χ1) is 9.24. The molecule has 0 atom stereocenters. The van der Waals surface area contributed by atoms with E-state index in [0.717, 1.165) is 5.69 Å². The molecule has 0 spiro atoms. The number of ether oxygens (including phenoxy) is 2. The minimum atomic E-state index is -1.03. The number of nitrogens with zero attached hydrogens (tertiary/aromatic N) is 1. The molecular weight excluding hydrogens is 248 g/mol. The van der Waals surface area contributed by atoms with E-state index in [-0.39, 0.29) is 12.4 Å². The summed E-state index contributed by atoms with van der Waals surface area (Å²) < 4.78 is 10.5. The van der Waals surface area contributed by atoms with Crippen molar-refractivity contribution in [3.63, 3.8) is 0 Å². The molecule has 3 rings (SSSR count). The molecule has 6 heteroatoms. The van der Waals surface area contributed by atoms with Crippen LogP contribution in [0.25, 0.3) is 0 Å². The highest BCUT2D eigenvalue weighted by atomic mass is 16.7. The fraction of sp³-hybridized carbons (Fsp3) is 0.0769. The molecule has 0 bridgehead atoms. The number of carbonyl (C=O) groups is 1. The van der Waals surface area contributed by atoms with Gasteiger partial charge in [-0.3, -0.25) is 4.98 Å². The maximum absolute atomic E-state index is 11.1. The fourth-order valence-corrected chi connectivity index (χ4v) is 1.80.